The fraction of sp³-hybridized carbons (Fsp3) is 0.620. The summed E-state index contributed by atoms with van der Waals surface area (Å²) in [6.45, 7) is 3.29. The first-order chi connectivity index (χ1) is 60.9. The fourth-order valence-electron chi connectivity index (χ4n) is 12.6. The largest absolute Gasteiger partial charge is 0.493 e. The monoisotopic (exact) mass is 1820 g/mol. The molecule has 2 aliphatic rings. The van der Waals surface area contributed by atoms with Crippen molar-refractivity contribution in [1.29, 1.82) is 0 Å². The number of aliphatic carboxylic acids is 1. The van der Waals surface area contributed by atoms with Crippen molar-refractivity contribution in [3.8, 4) is 34.5 Å². The van der Waals surface area contributed by atoms with Gasteiger partial charge < -0.3 is 131 Å². The molecule has 2 fully saturated rings. The van der Waals surface area contributed by atoms with Crippen LogP contribution in [-0.2, 0) is 81.2 Å². The number of hydrogen-bond donors (Lipinski definition) is 14. The molecule has 0 radical (unpaired) electrons. The summed E-state index contributed by atoms with van der Waals surface area (Å²) in [5.74, 6) is -4.68. The van der Waals surface area contributed by atoms with E-state index in [1.165, 1.54) is 60.3 Å². The van der Waals surface area contributed by atoms with Crippen molar-refractivity contribution in [2.45, 2.75) is 146 Å². The number of amides is 12. The third-order valence-corrected chi connectivity index (χ3v) is 20.5. The van der Waals surface area contributed by atoms with Crippen LogP contribution in [0.3, 0.4) is 0 Å². The molecular formula is C79H118N16O31S. The number of nitro groups is 3. The molecule has 3 aromatic rings. The molecule has 0 bridgehead atoms. The Morgan fingerprint density at radius 1 is 0.433 bits per heavy atom. The van der Waals surface area contributed by atoms with Crippen LogP contribution in [0.1, 0.15) is 139 Å². The highest BCUT2D eigenvalue weighted by atomic mass is 32.2. The predicted octanol–water partition coefficient (Wildman–Crippen LogP) is 1.07. The minimum absolute atomic E-state index is 0.0148. The second kappa shape index (κ2) is 59.2. The van der Waals surface area contributed by atoms with Gasteiger partial charge in [-0.15, -0.1) is 0 Å². The first kappa shape index (κ1) is 106. The van der Waals surface area contributed by atoms with Gasteiger partial charge in [0.15, 0.2) is 34.5 Å². The topological polar surface area (TPSA) is 636 Å². The molecule has 0 saturated carbocycles. The molecule has 127 heavy (non-hydrogen) atoms. The summed E-state index contributed by atoms with van der Waals surface area (Å²) in [5, 5.41) is 78.1. The van der Waals surface area contributed by atoms with Gasteiger partial charge in [0.2, 0.25) is 59.1 Å². The number of rotatable bonds is 68. The van der Waals surface area contributed by atoms with Gasteiger partial charge in [0.05, 0.1) is 200 Å². The van der Waals surface area contributed by atoms with E-state index in [2.05, 4.69) is 63.8 Å². The number of thioether (sulfide) groups is 1. The standard InChI is InChI=1S/C79H118N16O31S/c1-49(87-73(102)44-86-72(101)43-85-71(100)42-80)52-36-60(115-4)63(39-57(52)93(109)110)124-24-11-17-68(97)82-21-27-118-30-33-121-45-74(103)88-50(2)53-37-61(116-5)64(40-58(53)94(111)112)125-25-12-18-69(98)83-22-28-119-31-34-122-46-75(104)89-51(3)54-38-62(117-6)65(41-59(54)95(113)114)126-26-13-19-70(99)84-23-29-120-32-35-123-47-76(105)90-55(78(106)107)14-9-10-20-81-67(96)16-8-7-15-66-77-56(48-127-66)91-79(108)92-77/h36-41,49-51,55-56,66,77H,7-35,42-48,80H2,1-6H3,(H,81,96)(H,82,97)(H,83,98)(H,84,99)(H,85,100)(H,86,101)(H,87,102)(H,88,103)(H,89,104)(H,90,105)(H,106,107)(H2,91,92,108)/t49?,50?,51?,55-,56-,66-,77-/m0/s1. The number of carboxylic acid groups (broad SMARTS) is 1. The Balaban J connectivity index is 0.849. The van der Waals surface area contributed by atoms with Gasteiger partial charge in [0, 0.05) is 62.9 Å². The minimum Gasteiger partial charge on any atom is -0.493 e. The zero-order chi connectivity index (χ0) is 93.0. The Kier molecular flexibility index (Phi) is 49.3. The maximum absolute atomic E-state index is 12.8. The van der Waals surface area contributed by atoms with Gasteiger partial charge in [0.25, 0.3) is 17.1 Å². The molecule has 2 aliphatic heterocycles. The number of nitrogens with one attached hydrogen (secondary N) is 12. The Bertz CT molecular complexity index is 4130. The number of carbonyl (C=O) groups excluding carboxylic acids is 11. The summed E-state index contributed by atoms with van der Waals surface area (Å²) in [7, 11) is 3.97. The van der Waals surface area contributed by atoms with E-state index in [0.717, 1.165) is 43.2 Å². The van der Waals surface area contributed by atoms with E-state index in [-0.39, 0.29) is 255 Å². The number of carboxylic acids is 1. The number of nitrogens with two attached hydrogens (primary N) is 1. The van der Waals surface area contributed by atoms with Crippen LogP contribution in [0.2, 0.25) is 0 Å². The van der Waals surface area contributed by atoms with Crippen molar-refractivity contribution < 1.29 is 134 Å². The summed E-state index contributed by atoms with van der Waals surface area (Å²) in [6, 6.07) is 3.83. The number of hydrogen-bond acceptors (Lipinski definition) is 32. The Morgan fingerprint density at radius 3 is 1.20 bits per heavy atom. The zero-order valence-corrected chi connectivity index (χ0v) is 72.8. The molecule has 7 atom stereocenters. The van der Waals surface area contributed by atoms with Crippen molar-refractivity contribution >= 4 is 99.9 Å². The molecule has 48 heteroatoms. The van der Waals surface area contributed by atoms with Crippen molar-refractivity contribution in [1.82, 2.24) is 63.8 Å². The highest BCUT2D eigenvalue weighted by Gasteiger charge is 2.43. The lowest BCUT2D eigenvalue weighted by atomic mass is 10.0. The van der Waals surface area contributed by atoms with Crippen LogP contribution in [0.15, 0.2) is 36.4 Å². The SMILES string of the molecule is COc1cc(C(C)NC(=O)CNC(=O)CNC(=O)CN)c([N+](=O)[O-])cc1OCCCC(=O)NCCOCCOCC(=O)NC(C)c1cc(OC)c(OCCCC(=O)NCCOCCOCC(=O)NC(C)c2cc(OC)c(OCCCC(=O)NCCOCCOCC(=O)N[C@@H](CCCCNC(=O)CCCC[C@@H]3SC[C@@H]4NC(=O)N[C@@H]43)C(=O)O)cc2[N+](=O)[O-])cc1[N+](=O)[O-]. The number of unbranched alkanes of at least 4 members (excludes halogenated alkanes) is 2. The normalized spacial score (nSPS) is 14.6. The Labute approximate surface area is 736 Å². The summed E-state index contributed by atoms with van der Waals surface area (Å²) in [4.78, 5) is 182. The van der Waals surface area contributed by atoms with Crippen LogP contribution in [-0.4, -0.2) is 286 Å². The number of benzene rings is 3. The maximum Gasteiger partial charge on any atom is 0.326 e. The Morgan fingerprint density at radius 2 is 0.803 bits per heavy atom. The Hall–Kier alpha value is -11.8. The lowest BCUT2D eigenvalue weighted by Crippen LogP contribution is -2.43. The molecule has 5 rings (SSSR count). The molecule has 3 unspecified atom stereocenters. The molecule has 12 amide bonds. The lowest BCUT2D eigenvalue weighted by molar-refractivity contribution is -0.386. The van der Waals surface area contributed by atoms with Gasteiger partial charge >= 0.3 is 12.0 Å². The predicted molar refractivity (Wildman–Crippen MR) is 452 cm³/mol. The van der Waals surface area contributed by atoms with E-state index in [1.807, 2.05) is 11.8 Å². The summed E-state index contributed by atoms with van der Waals surface area (Å²) >= 11 is 1.83. The smallest absolute Gasteiger partial charge is 0.326 e. The maximum atomic E-state index is 12.8. The lowest BCUT2D eigenvalue weighted by Gasteiger charge is -2.18. The number of urea groups is 1. The van der Waals surface area contributed by atoms with Crippen LogP contribution in [0, 0.1) is 30.3 Å². The van der Waals surface area contributed by atoms with Crippen LogP contribution in [0.25, 0.3) is 0 Å². The summed E-state index contributed by atoms with van der Waals surface area (Å²) < 4.78 is 66.1. The second-order valence-corrected chi connectivity index (χ2v) is 29.9. The van der Waals surface area contributed by atoms with Gasteiger partial charge in [-0.2, -0.15) is 11.8 Å². The number of ether oxygens (including phenoxy) is 12. The van der Waals surface area contributed by atoms with E-state index in [4.69, 9.17) is 62.6 Å². The first-order valence-electron chi connectivity index (χ1n) is 41.3. The molecule has 47 nitrogen and oxygen atoms in total. The number of carbonyl (C=O) groups is 12. The van der Waals surface area contributed by atoms with E-state index in [0.29, 0.717) is 31.1 Å². The average Bonchev–Trinajstić information content (AvgIpc) is 1.24. The van der Waals surface area contributed by atoms with E-state index in [1.54, 1.807) is 0 Å². The molecule has 0 spiro atoms. The van der Waals surface area contributed by atoms with Crippen LogP contribution >= 0.6 is 11.8 Å². The van der Waals surface area contributed by atoms with Gasteiger partial charge in [-0.05, 0) is 90.3 Å². The molecule has 2 saturated heterocycles. The molecule has 15 N–H and O–H groups in total. The summed E-state index contributed by atoms with van der Waals surface area (Å²) in [5.41, 5.74) is 4.32. The van der Waals surface area contributed by atoms with Gasteiger partial charge in [0.1, 0.15) is 25.9 Å². The van der Waals surface area contributed by atoms with Crippen LogP contribution in [0.5, 0.6) is 34.5 Å². The van der Waals surface area contributed by atoms with Crippen LogP contribution in [0.4, 0.5) is 21.9 Å². The molecule has 3 aromatic carbocycles. The summed E-state index contributed by atoms with van der Waals surface area (Å²) in [6.07, 6.45) is 4.71. The number of methoxy groups -OCH3 is 3. The highest BCUT2D eigenvalue weighted by molar-refractivity contribution is 8.00. The molecule has 2 heterocycles. The fourth-order valence-corrected chi connectivity index (χ4v) is 14.2. The number of fused-ring (bicyclic) bond motifs is 1. The van der Waals surface area contributed by atoms with E-state index >= 15 is 0 Å². The zero-order valence-electron chi connectivity index (χ0n) is 72.0. The third kappa shape index (κ3) is 40.6. The average molecular weight is 1820 g/mol. The highest BCUT2D eigenvalue weighted by Crippen LogP contribution is 2.41. The van der Waals surface area contributed by atoms with Crippen molar-refractivity contribution in [2.24, 2.45) is 5.73 Å². The van der Waals surface area contributed by atoms with Gasteiger partial charge in [-0.25, -0.2) is 9.59 Å². The van der Waals surface area contributed by atoms with Gasteiger partial charge in [-0.3, -0.25) is 78.3 Å². The molecule has 0 aromatic heterocycles. The van der Waals surface area contributed by atoms with Crippen molar-refractivity contribution in [3.63, 3.8) is 0 Å². The molecular weight excluding hydrogens is 1700 g/mol. The molecule has 706 valence electrons. The third-order valence-electron chi connectivity index (χ3n) is 19.0. The minimum atomic E-state index is -1.20. The first-order valence-corrected chi connectivity index (χ1v) is 42.3. The second-order valence-electron chi connectivity index (χ2n) is 28.7. The van der Waals surface area contributed by atoms with Gasteiger partial charge in [-0.1, -0.05) is 6.42 Å². The van der Waals surface area contributed by atoms with Crippen LogP contribution < -0.4 is 98.0 Å². The van der Waals surface area contributed by atoms with E-state index < -0.39 is 119 Å². The number of nitro benzene ring substituents is 3. The number of nitrogens with zero attached hydrogens (tertiary/aromatic N) is 3. The molecule has 0 aliphatic carbocycles. The van der Waals surface area contributed by atoms with E-state index in [9.17, 15) is 93.0 Å². The van der Waals surface area contributed by atoms with Crippen molar-refractivity contribution in [2.75, 3.05) is 172 Å². The quantitative estimate of drug-likeness (QED) is 0.0163. The van der Waals surface area contributed by atoms with Crippen molar-refractivity contribution in [3.05, 3.63) is 83.4 Å².